The quantitative estimate of drug-likeness (QED) is 0.181. The number of Topliss-reactive ketones (excluding diaryl/α,β-unsaturated/α-hetero) is 1. The van der Waals surface area contributed by atoms with Crippen molar-refractivity contribution in [3.8, 4) is 11.1 Å². The molecule has 3 aliphatic rings. The number of aryl methyl sites for hydroxylation is 1. The molecule has 1 saturated heterocycles. The molecular formula is C31H29BrN8O3. The van der Waals surface area contributed by atoms with Crippen molar-refractivity contribution in [1.82, 2.24) is 29.6 Å². The van der Waals surface area contributed by atoms with Crippen molar-refractivity contribution in [2.45, 2.75) is 45.3 Å². The molecule has 2 aliphatic carbocycles. The lowest BCUT2D eigenvalue weighted by atomic mass is 9.95. The van der Waals surface area contributed by atoms with E-state index >= 15 is 0 Å². The predicted octanol–water partition coefficient (Wildman–Crippen LogP) is 4.17. The number of hydrogen-bond acceptors (Lipinski definition) is 8. The number of anilines is 2. The number of rotatable bonds is 7. The molecule has 1 aromatic carbocycles. The Morgan fingerprint density at radius 3 is 2.53 bits per heavy atom. The number of carbonyl (C=O) groups is 3. The summed E-state index contributed by atoms with van der Waals surface area (Å²) in [6.45, 7) is 5.33. The molecule has 3 atom stereocenters. The number of hydrogen-bond donors (Lipinski definition) is 1. The van der Waals surface area contributed by atoms with Crippen molar-refractivity contribution in [3.05, 3.63) is 70.2 Å². The maximum absolute atomic E-state index is 14.0. The molecule has 2 fully saturated rings. The van der Waals surface area contributed by atoms with Gasteiger partial charge in [0.2, 0.25) is 17.8 Å². The van der Waals surface area contributed by atoms with Crippen LogP contribution in [0.2, 0.25) is 0 Å². The zero-order valence-corrected chi connectivity index (χ0v) is 25.9. The minimum atomic E-state index is -0.661. The van der Waals surface area contributed by atoms with Gasteiger partial charge in [0.1, 0.15) is 28.7 Å². The highest BCUT2D eigenvalue weighted by molar-refractivity contribution is 9.10. The number of amides is 2. The third-order valence-electron chi connectivity index (χ3n) is 8.96. The largest absolute Gasteiger partial charge is 0.347 e. The number of aromatic nitrogens is 5. The highest BCUT2D eigenvalue weighted by Crippen LogP contribution is 2.83. The fraction of sp³-hybridized carbons (Fsp3) is 0.323. The van der Waals surface area contributed by atoms with Crippen molar-refractivity contribution >= 4 is 56.2 Å². The van der Waals surface area contributed by atoms with Crippen molar-refractivity contribution < 1.29 is 14.4 Å². The van der Waals surface area contributed by atoms with Crippen LogP contribution in [0.1, 0.15) is 36.3 Å². The van der Waals surface area contributed by atoms with Gasteiger partial charge in [-0.1, -0.05) is 25.1 Å². The molecule has 0 radical (unpaired) electrons. The van der Waals surface area contributed by atoms with Gasteiger partial charge in [-0.25, -0.2) is 15.0 Å². The normalized spacial score (nSPS) is 23.0. The summed E-state index contributed by atoms with van der Waals surface area (Å²) < 4.78 is 2.18. The first-order valence-electron chi connectivity index (χ1n) is 14.0. The number of piperidine rings is 1. The summed E-state index contributed by atoms with van der Waals surface area (Å²) in [5.41, 5.74) is 3.92. The molecule has 3 aromatic heterocycles. The van der Waals surface area contributed by atoms with E-state index < -0.39 is 11.6 Å². The van der Waals surface area contributed by atoms with Gasteiger partial charge in [0.15, 0.2) is 5.78 Å². The summed E-state index contributed by atoms with van der Waals surface area (Å²) in [7, 11) is 3.74. The highest BCUT2D eigenvalue weighted by Gasteiger charge is 2.87. The second-order valence-electron chi connectivity index (χ2n) is 11.9. The number of carbonyl (C=O) groups excluding carboxylic acids is 3. The molecule has 0 unspecified atom stereocenters. The van der Waals surface area contributed by atoms with E-state index in [4.69, 9.17) is 0 Å². The number of fused-ring (bicyclic) bond motifs is 2. The molecule has 43 heavy (non-hydrogen) atoms. The zero-order valence-electron chi connectivity index (χ0n) is 24.3. The van der Waals surface area contributed by atoms with Crippen LogP contribution in [-0.4, -0.2) is 72.9 Å². The number of pyridine rings is 1. The average molecular weight is 642 g/mol. The number of nitrogens with zero attached hydrogens (tertiary/aromatic N) is 7. The zero-order chi connectivity index (χ0) is 30.4. The Hall–Kier alpha value is -4.45. The molecule has 4 heterocycles. The first-order valence-corrected chi connectivity index (χ1v) is 14.7. The fourth-order valence-electron chi connectivity index (χ4n) is 6.55. The molecule has 7 rings (SSSR count). The SMILES string of the molecule is CC(=O)c1nn(CC(=O)N2[C@H](C(=O)Nc3nc(Br)ccc3C)C[C@@]3(C)C4=C[C@@]423)c2ccc(-c3cnc(N(C)C)nc3)cc12. The van der Waals surface area contributed by atoms with Crippen LogP contribution >= 0.6 is 15.9 Å². The Morgan fingerprint density at radius 2 is 1.86 bits per heavy atom. The van der Waals surface area contributed by atoms with Gasteiger partial charge < -0.3 is 15.1 Å². The van der Waals surface area contributed by atoms with Crippen LogP contribution in [-0.2, 0) is 16.1 Å². The van der Waals surface area contributed by atoms with Crippen LogP contribution in [0, 0.1) is 12.3 Å². The Labute approximate surface area is 256 Å². The maximum Gasteiger partial charge on any atom is 0.248 e. The van der Waals surface area contributed by atoms with Gasteiger partial charge in [-0.3, -0.25) is 19.1 Å². The van der Waals surface area contributed by atoms with Crippen molar-refractivity contribution in [1.29, 1.82) is 0 Å². The first kappa shape index (κ1) is 27.4. The molecule has 1 aliphatic heterocycles. The number of ketones is 1. The van der Waals surface area contributed by atoms with E-state index in [-0.39, 0.29) is 35.3 Å². The van der Waals surface area contributed by atoms with Crippen LogP contribution < -0.4 is 10.2 Å². The monoisotopic (exact) mass is 640 g/mol. The maximum atomic E-state index is 14.0. The van der Waals surface area contributed by atoms with Gasteiger partial charge in [0.05, 0.1) is 11.1 Å². The van der Waals surface area contributed by atoms with E-state index in [1.165, 1.54) is 12.5 Å². The Morgan fingerprint density at radius 1 is 1.12 bits per heavy atom. The number of likely N-dealkylation sites (tertiary alicyclic amines) is 1. The van der Waals surface area contributed by atoms with Crippen LogP contribution in [0.3, 0.4) is 0 Å². The summed E-state index contributed by atoms with van der Waals surface area (Å²) >= 11 is 3.36. The van der Waals surface area contributed by atoms with E-state index in [9.17, 15) is 14.4 Å². The fourth-order valence-corrected chi connectivity index (χ4v) is 6.86. The second-order valence-corrected chi connectivity index (χ2v) is 12.7. The lowest BCUT2D eigenvalue weighted by Gasteiger charge is -2.28. The van der Waals surface area contributed by atoms with Gasteiger partial charge in [0.25, 0.3) is 0 Å². The standard InChI is InChI=1S/C31H29BrN8O3/c1-16-6-9-24(32)35-27(16)36-28(43)22-11-30(3)23-12-31(23,30)40(22)25(42)15-39-21-8-7-18(10-20(21)26(37-39)17(2)41)19-13-33-29(34-14-19)38(4)5/h6-10,12-14,22H,11,15H2,1-5H3,(H,35,36,43)/t22-,30-,31-/m0/s1. The lowest BCUT2D eigenvalue weighted by molar-refractivity contribution is -0.139. The van der Waals surface area contributed by atoms with Crippen LogP contribution in [0.4, 0.5) is 11.8 Å². The summed E-state index contributed by atoms with van der Waals surface area (Å²) in [5.74, 6) is 0.342. The summed E-state index contributed by atoms with van der Waals surface area (Å²) in [5, 5.41) is 8.15. The molecule has 11 nitrogen and oxygen atoms in total. The molecule has 1 saturated carbocycles. The molecule has 218 valence electrons. The topological polar surface area (TPSA) is 126 Å². The predicted molar refractivity (Wildman–Crippen MR) is 165 cm³/mol. The lowest BCUT2D eigenvalue weighted by Crippen LogP contribution is -2.49. The summed E-state index contributed by atoms with van der Waals surface area (Å²) in [6.07, 6.45) is 6.08. The number of halogens is 1. The molecule has 12 heteroatoms. The van der Waals surface area contributed by atoms with Crippen molar-refractivity contribution in [2.24, 2.45) is 5.41 Å². The van der Waals surface area contributed by atoms with E-state index in [1.54, 1.807) is 22.0 Å². The Bertz CT molecular complexity index is 1920. The smallest absolute Gasteiger partial charge is 0.248 e. The van der Waals surface area contributed by atoms with Gasteiger partial charge in [-0.05, 0) is 64.2 Å². The van der Waals surface area contributed by atoms with Crippen molar-refractivity contribution in [2.75, 3.05) is 24.3 Å². The third-order valence-corrected chi connectivity index (χ3v) is 9.41. The Balaban J connectivity index is 1.19. The van der Waals surface area contributed by atoms with Gasteiger partial charge in [-0.2, -0.15) is 5.10 Å². The number of benzene rings is 1. The van der Waals surface area contributed by atoms with Gasteiger partial charge in [-0.15, -0.1) is 0 Å². The minimum Gasteiger partial charge on any atom is -0.347 e. The minimum absolute atomic E-state index is 0.110. The highest BCUT2D eigenvalue weighted by atomic mass is 79.9. The van der Waals surface area contributed by atoms with Crippen LogP contribution in [0.5, 0.6) is 0 Å². The Kier molecular flexibility index (Phi) is 5.91. The first-order chi connectivity index (χ1) is 20.4. The molecule has 4 aromatic rings. The van der Waals surface area contributed by atoms with Gasteiger partial charge in [0, 0.05) is 49.8 Å². The third kappa shape index (κ3) is 4.03. The molecule has 2 amide bonds. The molecular weight excluding hydrogens is 612 g/mol. The van der Waals surface area contributed by atoms with E-state index in [0.717, 1.165) is 16.7 Å². The van der Waals surface area contributed by atoms with E-state index in [2.05, 4.69) is 54.3 Å². The molecule has 1 N–H and O–H groups in total. The second kappa shape index (κ2) is 9.27. The average Bonchev–Trinajstić information content (AvgIpc) is 3.76. The summed E-state index contributed by atoms with van der Waals surface area (Å²) in [4.78, 5) is 57.0. The molecule has 0 bridgehead atoms. The van der Waals surface area contributed by atoms with Crippen LogP contribution in [0.25, 0.3) is 22.0 Å². The van der Waals surface area contributed by atoms with E-state index in [0.29, 0.717) is 33.7 Å². The number of nitrogens with one attached hydrogen (secondary N) is 1. The van der Waals surface area contributed by atoms with Crippen molar-refractivity contribution in [3.63, 3.8) is 0 Å². The van der Waals surface area contributed by atoms with Crippen LogP contribution in [0.15, 0.2) is 59.0 Å². The van der Waals surface area contributed by atoms with E-state index in [1.807, 2.05) is 56.3 Å². The molecule has 1 spiro atoms. The summed E-state index contributed by atoms with van der Waals surface area (Å²) in [6, 6.07) is 8.66. The van der Waals surface area contributed by atoms with Gasteiger partial charge >= 0.3 is 0 Å².